The van der Waals surface area contributed by atoms with Crippen LogP contribution in [0, 0.1) is 11.3 Å². The second-order valence-corrected chi connectivity index (χ2v) is 9.32. The highest BCUT2D eigenvalue weighted by molar-refractivity contribution is 6.09. The van der Waals surface area contributed by atoms with Crippen LogP contribution in [0.25, 0.3) is 0 Å². The molecule has 166 valence electrons. The van der Waals surface area contributed by atoms with Crippen LogP contribution in [0.4, 0.5) is 0 Å². The van der Waals surface area contributed by atoms with E-state index in [1.807, 2.05) is 103 Å². The van der Waals surface area contributed by atoms with Gasteiger partial charge in [-0.3, -0.25) is 9.59 Å². The Labute approximate surface area is 192 Å². The van der Waals surface area contributed by atoms with Crippen LogP contribution in [0.3, 0.4) is 0 Å². The summed E-state index contributed by atoms with van der Waals surface area (Å²) in [5.74, 6) is -0.843. The molecule has 0 radical (unpaired) electrons. The summed E-state index contributed by atoms with van der Waals surface area (Å²) in [5.41, 5.74) is 0.923. The van der Waals surface area contributed by atoms with Gasteiger partial charge >= 0.3 is 5.97 Å². The summed E-state index contributed by atoms with van der Waals surface area (Å²) in [6.45, 7) is 2.11. The van der Waals surface area contributed by atoms with Gasteiger partial charge in [0.2, 0.25) is 5.91 Å². The molecule has 5 atom stereocenters. The van der Waals surface area contributed by atoms with E-state index >= 15 is 0 Å². The predicted octanol–water partition coefficient (Wildman–Crippen LogP) is 4.81. The molecule has 33 heavy (non-hydrogen) atoms. The van der Waals surface area contributed by atoms with Gasteiger partial charge in [-0.1, -0.05) is 91.0 Å². The number of rotatable bonds is 5. The number of hydrogen-bond donors (Lipinski definition) is 0. The molecule has 0 spiro atoms. The van der Waals surface area contributed by atoms with Crippen LogP contribution in [-0.2, 0) is 25.7 Å². The summed E-state index contributed by atoms with van der Waals surface area (Å²) in [6, 6.07) is 29.2. The van der Waals surface area contributed by atoms with E-state index in [9.17, 15) is 9.59 Å². The molecule has 1 amide bonds. The number of esters is 1. The molecule has 2 saturated heterocycles. The first kappa shape index (κ1) is 20.2. The number of hydrogen-bond acceptors (Lipinski definition) is 4. The van der Waals surface area contributed by atoms with E-state index in [0.29, 0.717) is 6.42 Å². The Kier molecular flexibility index (Phi) is 4.46. The van der Waals surface area contributed by atoms with E-state index < -0.39 is 17.1 Å². The molecule has 1 saturated carbocycles. The number of nitrogens with zero attached hydrogens (tertiary/aromatic N) is 1. The monoisotopic (exact) mass is 439 g/mol. The minimum atomic E-state index is -1.14. The Morgan fingerprint density at radius 3 is 2.15 bits per heavy atom. The Balaban J connectivity index is 1.34. The van der Waals surface area contributed by atoms with E-state index in [4.69, 9.17) is 9.47 Å². The normalized spacial score (nSPS) is 31.7. The minimum absolute atomic E-state index is 0.160. The Bertz CT molecular complexity index is 1200. The number of piperidine rings is 1. The third-order valence-corrected chi connectivity index (χ3v) is 7.46. The van der Waals surface area contributed by atoms with Crippen molar-refractivity contribution in [3.05, 3.63) is 108 Å². The lowest BCUT2D eigenvalue weighted by Gasteiger charge is -2.32. The van der Waals surface area contributed by atoms with Crippen molar-refractivity contribution in [1.82, 2.24) is 4.90 Å². The van der Waals surface area contributed by atoms with Crippen LogP contribution in [0.1, 0.15) is 42.2 Å². The summed E-state index contributed by atoms with van der Waals surface area (Å²) in [5, 5.41) is 0. The van der Waals surface area contributed by atoms with Gasteiger partial charge < -0.3 is 14.4 Å². The number of amides is 1. The Morgan fingerprint density at radius 2 is 1.52 bits per heavy atom. The van der Waals surface area contributed by atoms with Crippen LogP contribution in [0.2, 0.25) is 0 Å². The standard InChI is InChI=1S/C28H25NO4/c1-27-22-17-28(22,26(31)32-18-19-11-5-2-6-12-19)25(30)29(27)23(20-13-7-3-8-14-20)24(33-27)21-15-9-4-10-16-21/h2-16,22-24H,17-18H2,1H3/t22?,23-,24+,27?,28?/m0/s1. The summed E-state index contributed by atoms with van der Waals surface area (Å²) in [6.07, 6.45) is 0.164. The third kappa shape index (κ3) is 2.89. The van der Waals surface area contributed by atoms with Crippen LogP contribution in [0.15, 0.2) is 91.0 Å². The van der Waals surface area contributed by atoms with Crippen molar-refractivity contribution in [3.8, 4) is 0 Å². The molecule has 2 heterocycles. The van der Waals surface area contributed by atoms with Gasteiger partial charge in [0.05, 0.1) is 6.04 Å². The number of fused-ring (bicyclic) bond motifs is 3. The smallest absolute Gasteiger partial charge is 0.322 e. The van der Waals surface area contributed by atoms with Gasteiger partial charge in [-0.15, -0.1) is 0 Å². The molecule has 0 aromatic heterocycles. The lowest BCUT2D eigenvalue weighted by Crippen LogP contribution is -2.45. The van der Waals surface area contributed by atoms with Gasteiger partial charge in [0.25, 0.3) is 0 Å². The average Bonchev–Trinajstić information content (AvgIpc) is 3.51. The van der Waals surface area contributed by atoms with Gasteiger partial charge in [0.15, 0.2) is 5.41 Å². The highest BCUT2D eigenvalue weighted by Crippen LogP contribution is 2.72. The van der Waals surface area contributed by atoms with E-state index in [1.165, 1.54) is 0 Å². The van der Waals surface area contributed by atoms with Crippen molar-refractivity contribution >= 4 is 11.9 Å². The quantitative estimate of drug-likeness (QED) is 0.423. The summed E-state index contributed by atoms with van der Waals surface area (Å²) < 4.78 is 12.3. The zero-order chi connectivity index (χ0) is 22.6. The molecule has 3 aliphatic rings. The first-order valence-electron chi connectivity index (χ1n) is 11.4. The second-order valence-electron chi connectivity index (χ2n) is 9.32. The molecule has 0 bridgehead atoms. The molecular formula is C28H25NO4. The maximum Gasteiger partial charge on any atom is 0.322 e. The maximum atomic E-state index is 13.9. The van der Waals surface area contributed by atoms with Crippen LogP contribution in [0.5, 0.6) is 0 Å². The van der Waals surface area contributed by atoms with Crippen molar-refractivity contribution in [1.29, 1.82) is 0 Å². The van der Waals surface area contributed by atoms with Gasteiger partial charge in [0, 0.05) is 5.92 Å². The van der Waals surface area contributed by atoms with Crippen LogP contribution >= 0.6 is 0 Å². The van der Waals surface area contributed by atoms with Gasteiger partial charge in [-0.25, -0.2) is 0 Å². The Morgan fingerprint density at radius 1 is 0.939 bits per heavy atom. The SMILES string of the molecule is CC12O[C@H](c3ccccc3)[C@H](c3ccccc3)N1C(=O)C1(C(=O)OCc3ccccc3)CC12. The third-order valence-electron chi connectivity index (χ3n) is 7.46. The zero-order valence-corrected chi connectivity index (χ0v) is 18.4. The molecule has 1 aliphatic carbocycles. The fraction of sp³-hybridized carbons (Fsp3) is 0.286. The van der Waals surface area contributed by atoms with Crippen molar-refractivity contribution in [2.24, 2.45) is 11.3 Å². The molecule has 6 rings (SSSR count). The maximum absolute atomic E-state index is 13.9. The zero-order valence-electron chi connectivity index (χ0n) is 18.4. The van der Waals surface area contributed by atoms with E-state index in [2.05, 4.69) is 0 Å². The molecule has 3 unspecified atom stereocenters. The molecule has 3 aromatic carbocycles. The van der Waals surface area contributed by atoms with Crippen molar-refractivity contribution in [2.75, 3.05) is 0 Å². The fourth-order valence-corrected chi connectivity index (χ4v) is 5.76. The van der Waals surface area contributed by atoms with Crippen molar-refractivity contribution in [3.63, 3.8) is 0 Å². The lowest BCUT2D eigenvalue weighted by atomic mass is 9.94. The summed E-state index contributed by atoms with van der Waals surface area (Å²) >= 11 is 0. The molecule has 3 fully saturated rings. The summed E-state index contributed by atoms with van der Waals surface area (Å²) in [4.78, 5) is 29.0. The van der Waals surface area contributed by atoms with Crippen molar-refractivity contribution in [2.45, 2.75) is 37.8 Å². The van der Waals surface area contributed by atoms with E-state index in [-0.39, 0.29) is 30.6 Å². The van der Waals surface area contributed by atoms with E-state index in [1.54, 1.807) is 0 Å². The first-order valence-corrected chi connectivity index (χ1v) is 11.4. The first-order chi connectivity index (χ1) is 16.1. The fourth-order valence-electron chi connectivity index (χ4n) is 5.76. The number of benzene rings is 3. The molecular weight excluding hydrogens is 414 g/mol. The van der Waals surface area contributed by atoms with Crippen LogP contribution in [-0.4, -0.2) is 22.5 Å². The number of ether oxygens (including phenoxy) is 2. The largest absolute Gasteiger partial charge is 0.460 e. The van der Waals surface area contributed by atoms with Gasteiger partial charge in [-0.05, 0) is 30.0 Å². The number of carbonyl (C=O) groups is 2. The van der Waals surface area contributed by atoms with E-state index in [0.717, 1.165) is 16.7 Å². The Hall–Kier alpha value is -3.44. The second kappa shape index (κ2) is 7.29. The van der Waals surface area contributed by atoms with Crippen molar-refractivity contribution < 1.29 is 19.1 Å². The average molecular weight is 440 g/mol. The lowest BCUT2D eigenvalue weighted by molar-refractivity contribution is -0.158. The summed E-state index contributed by atoms with van der Waals surface area (Å²) in [7, 11) is 0. The van der Waals surface area contributed by atoms with Crippen LogP contribution < -0.4 is 0 Å². The molecule has 0 N–H and O–H groups in total. The molecule has 3 aromatic rings. The molecule has 5 nitrogen and oxygen atoms in total. The van der Waals surface area contributed by atoms with Gasteiger partial charge in [-0.2, -0.15) is 0 Å². The minimum Gasteiger partial charge on any atom is -0.460 e. The molecule has 2 aliphatic heterocycles. The topological polar surface area (TPSA) is 55.8 Å². The van der Waals surface area contributed by atoms with Gasteiger partial charge in [0.1, 0.15) is 18.4 Å². The molecule has 5 heteroatoms. The highest BCUT2D eigenvalue weighted by atomic mass is 16.6. The predicted molar refractivity (Wildman–Crippen MR) is 121 cm³/mol. The highest BCUT2D eigenvalue weighted by Gasteiger charge is 2.84. The number of carbonyl (C=O) groups excluding carboxylic acids is 2.